The summed E-state index contributed by atoms with van der Waals surface area (Å²) in [5.74, 6) is 0. The van der Waals surface area contributed by atoms with Crippen molar-refractivity contribution in [1.82, 2.24) is 10.3 Å². The normalized spacial score (nSPS) is 19.8. The van der Waals surface area contributed by atoms with Gasteiger partial charge in [-0.15, -0.1) is 0 Å². The molecule has 1 fully saturated rings. The van der Waals surface area contributed by atoms with Crippen molar-refractivity contribution in [2.24, 2.45) is 0 Å². The number of aromatic nitrogens is 1. The second kappa shape index (κ2) is 3.99. The standard InChI is InChI=1S/C9H14N4O2S/c1-9(2)6-10-3-4-12(9)8-11-5-7(16-8)13(14)15/h5,10H,3-4,6H2,1-2H3. The molecule has 0 unspecified atom stereocenters. The van der Waals surface area contributed by atoms with Crippen molar-refractivity contribution in [1.29, 1.82) is 0 Å². The van der Waals surface area contributed by atoms with Crippen molar-refractivity contribution in [2.75, 3.05) is 24.5 Å². The maximum atomic E-state index is 10.6. The van der Waals surface area contributed by atoms with Gasteiger partial charge in [0.15, 0.2) is 5.13 Å². The van der Waals surface area contributed by atoms with Crippen LogP contribution in [-0.4, -0.2) is 35.1 Å². The number of nitro groups is 1. The Balaban J connectivity index is 2.25. The zero-order valence-electron chi connectivity index (χ0n) is 9.27. The molecule has 0 radical (unpaired) electrons. The molecule has 1 aromatic rings. The molecule has 1 aliphatic rings. The highest BCUT2D eigenvalue weighted by Crippen LogP contribution is 2.32. The van der Waals surface area contributed by atoms with E-state index >= 15 is 0 Å². The average molecular weight is 242 g/mol. The predicted octanol–water partition coefficient (Wildman–Crippen LogP) is 1.24. The van der Waals surface area contributed by atoms with Crippen LogP contribution in [0, 0.1) is 10.1 Å². The van der Waals surface area contributed by atoms with Crippen molar-refractivity contribution in [3.05, 3.63) is 16.3 Å². The molecule has 0 aliphatic carbocycles. The molecule has 6 nitrogen and oxygen atoms in total. The molecule has 0 amide bonds. The van der Waals surface area contributed by atoms with Crippen LogP contribution in [0.1, 0.15) is 13.8 Å². The quantitative estimate of drug-likeness (QED) is 0.624. The number of hydrogen-bond acceptors (Lipinski definition) is 6. The first-order chi connectivity index (χ1) is 7.50. The number of nitrogens with one attached hydrogen (secondary N) is 1. The Labute approximate surface area is 97.4 Å². The minimum atomic E-state index is -0.392. The van der Waals surface area contributed by atoms with E-state index in [2.05, 4.69) is 29.0 Å². The zero-order valence-corrected chi connectivity index (χ0v) is 10.1. The number of nitrogens with zero attached hydrogens (tertiary/aromatic N) is 3. The highest BCUT2D eigenvalue weighted by atomic mass is 32.1. The lowest BCUT2D eigenvalue weighted by atomic mass is 10.0. The number of hydrogen-bond donors (Lipinski definition) is 1. The van der Waals surface area contributed by atoms with Gasteiger partial charge in [-0.1, -0.05) is 0 Å². The van der Waals surface area contributed by atoms with Crippen LogP contribution in [0.2, 0.25) is 0 Å². The lowest BCUT2D eigenvalue weighted by molar-refractivity contribution is -0.380. The molecular formula is C9H14N4O2S. The monoisotopic (exact) mass is 242 g/mol. The maximum absolute atomic E-state index is 10.6. The fourth-order valence-corrected chi connectivity index (χ4v) is 2.72. The zero-order chi connectivity index (χ0) is 11.8. The minimum Gasteiger partial charge on any atom is -0.340 e. The molecule has 2 rings (SSSR count). The first-order valence-corrected chi connectivity index (χ1v) is 5.91. The van der Waals surface area contributed by atoms with Crippen molar-refractivity contribution in [2.45, 2.75) is 19.4 Å². The number of rotatable bonds is 2. The molecule has 1 aromatic heterocycles. The van der Waals surface area contributed by atoms with Gasteiger partial charge in [-0.05, 0) is 25.2 Å². The van der Waals surface area contributed by atoms with Crippen LogP contribution in [-0.2, 0) is 0 Å². The van der Waals surface area contributed by atoms with E-state index in [0.29, 0.717) is 0 Å². The number of anilines is 1. The molecule has 7 heteroatoms. The molecule has 1 N–H and O–H groups in total. The van der Waals surface area contributed by atoms with Gasteiger partial charge < -0.3 is 10.2 Å². The largest absolute Gasteiger partial charge is 0.345 e. The molecule has 0 atom stereocenters. The summed E-state index contributed by atoms with van der Waals surface area (Å²) in [5, 5.41) is 14.7. The molecule has 16 heavy (non-hydrogen) atoms. The number of piperazine rings is 1. The fraction of sp³-hybridized carbons (Fsp3) is 0.667. The van der Waals surface area contributed by atoms with Crippen LogP contribution in [0.3, 0.4) is 0 Å². The van der Waals surface area contributed by atoms with Crippen LogP contribution in [0.25, 0.3) is 0 Å². The third-order valence-electron chi connectivity index (χ3n) is 2.69. The van der Waals surface area contributed by atoms with E-state index in [9.17, 15) is 10.1 Å². The lowest BCUT2D eigenvalue weighted by Gasteiger charge is -2.42. The highest BCUT2D eigenvalue weighted by Gasteiger charge is 2.32. The SMILES string of the molecule is CC1(C)CNCCN1c1ncc([N+](=O)[O-])s1. The van der Waals surface area contributed by atoms with E-state index in [-0.39, 0.29) is 10.5 Å². The Morgan fingerprint density at radius 2 is 2.44 bits per heavy atom. The molecule has 0 saturated carbocycles. The Morgan fingerprint density at radius 1 is 1.69 bits per heavy atom. The molecule has 0 bridgehead atoms. The maximum Gasteiger partial charge on any atom is 0.345 e. The smallest absolute Gasteiger partial charge is 0.340 e. The number of thiazole rings is 1. The minimum absolute atomic E-state index is 0.0516. The van der Waals surface area contributed by atoms with E-state index in [1.165, 1.54) is 6.20 Å². The van der Waals surface area contributed by atoms with Crippen molar-refractivity contribution < 1.29 is 4.92 Å². The molecule has 2 heterocycles. The van der Waals surface area contributed by atoms with Gasteiger partial charge in [0.05, 0.1) is 4.92 Å². The first-order valence-electron chi connectivity index (χ1n) is 5.09. The van der Waals surface area contributed by atoms with Gasteiger partial charge in [0, 0.05) is 25.2 Å². The second-order valence-corrected chi connectivity index (χ2v) is 5.37. The Bertz CT molecular complexity index is 404. The van der Waals surface area contributed by atoms with Crippen LogP contribution >= 0.6 is 11.3 Å². The van der Waals surface area contributed by atoms with Crippen molar-refractivity contribution in [3.63, 3.8) is 0 Å². The first kappa shape index (κ1) is 11.3. The topological polar surface area (TPSA) is 71.3 Å². The second-order valence-electron chi connectivity index (χ2n) is 4.38. The fourth-order valence-electron chi connectivity index (χ4n) is 1.80. The predicted molar refractivity (Wildman–Crippen MR) is 63.1 cm³/mol. The van der Waals surface area contributed by atoms with Gasteiger partial charge in [-0.3, -0.25) is 10.1 Å². The van der Waals surface area contributed by atoms with Gasteiger partial charge in [0.2, 0.25) is 0 Å². The van der Waals surface area contributed by atoms with Gasteiger partial charge >= 0.3 is 5.00 Å². The summed E-state index contributed by atoms with van der Waals surface area (Å²) in [6.45, 7) is 6.79. The molecular weight excluding hydrogens is 228 g/mol. The van der Waals surface area contributed by atoms with Crippen molar-refractivity contribution in [3.8, 4) is 0 Å². The summed E-state index contributed by atoms with van der Waals surface area (Å²) in [5.41, 5.74) is -0.0516. The molecule has 0 aromatic carbocycles. The van der Waals surface area contributed by atoms with Crippen LogP contribution in [0.15, 0.2) is 6.20 Å². The molecule has 1 saturated heterocycles. The van der Waals surface area contributed by atoms with Crippen molar-refractivity contribution >= 4 is 21.5 Å². The third kappa shape index (κ3) is 2.00. The summed E-state index contributed by atoms with van der Waals surface area (Å²) in [6.07, 6.45) is 1.33. The van der Waals surface area contributed by atoms with E-state index in [0.717, 1.165) is 36.1 Å². The van der Waals surface area contributed by atoms with Gasteiger partial charge in [-0.25, -0.2) is 4.98 Å². The summed E-state index contributed by atoms with van der Waals surface area (Å²) in [7, 11) is 0. The van der Waals surface area contributed by atoms with E-state index in [4.69, 9.17) is 0 Å². The Kier molecular flexibility index (Phi) is 2.81. The third-order valence-corrected chi connectivity index (χ3v) is 3.66. The van der Waals surface area contributed by atoms with Gasteiger partial charge in [-0.2, -0.15) is 0 Å². The molecule has 88 valence electrons. The molecule has 0 spiro atoms. The van der Waals surface area contributed by atoms with Crippen LogP contribution in [0.5, 0.6) is 0 Å². The Morgan fingerprint density at radius 3 is 3.00 bits per heavy atom. The summed E-state index contributed by atoms with van der Waals surface area (Å²) < 4.78 is 0. The van der Waals surface area contributed by atoms with Gasteiger partial charge in [0.1, 0.15) is 6.20 Å². The highest BCUT2D eigenvalue weighted by molar-refractivity contribution is 7.18. The van der Waals surface area contributed by atoms with Crippen LogP contribution < -0.4 is 10.2 Å². The van der Waals surface area contributed by atoms with E-state index in [1.807, 2.05) is 0 Å². The van der Waals surface area contributed by atoms with E-state index < -0.39 is 4.92 Å². The Hall–Kier alpha value is -1.21. The molecule has 1 aliphatic heterocycles. The summed E-state index contributed by atoms with van der Waals surface area (Å²) in [4.78, 5) is 16.5. The van der Waals surface area contributed by atoms with E-state index in [1.54, 1.807) is 0 Å². The lowest BCUT2D eigenvalue weighted by Crippen LogP contribution is -2.58. The average Bonchev–Trinajstić information content (AvgIpc) is 2.65. The summed E-state index contributed by atoms with van der Waals surface area (Å²) >= 11 is 1.14. The van der Waals surface area contributed by atoms with Crippen LogP contribution in [0.4, 0.5) is 10.1 Å². The van der Waals surface area contributed by atoms with Gasteiger partial charge in [0.25, 0.3) is 0 Å². The summed E-state index contributed by atoms with van der Waals surface area (Å²) in [6, 6.07) is 0.